The number of benzene rings is 1. The Balaban J connectivity index is 2.74. The van der Waals surface area contributed by atoms with Crippen molar-refractivity contribution in [3.05, 3.63) is 29.3 Å². The van der Waals surface area contributed by atoms with E-state index in [0.717, 1.165) is 5.56 Å². The molecular weight excluding hydrogens is 216 g/mol. The minimum absolute atomic E-state index is 0.160. The third-order valence-corrected chi connectivity index (χ3v) is 2.00. The van der Waals surface area contributed by atoms with Crippen molar-refractivity contribution in [1.82, 2.24) is 0 Å². The topological polar surface area (TPSA) is 76.1 Å². The SMILES string of the molecule is CC(C)(C)OC(=O)Cc1ccc(C#N)c(N)c1. The zero-order chi connectivity index (χ0) is 13.1. The molecule has 1 rings (SSSR count). The second-order valence-corrected chi connectivity index (χ2v) is 4.80. The Hall–Kier alpha value is -2.02. The zero-order valence-electron chi connectivity index (χ0n) is 10.3. The van der Waals surface area contributed by atoms with Gasteiger partial charge in [0.15, 0.2) is 0 Å². The highest BCUT2D eigenvalue weighted by atomic mass is 16.6. The molecule has 1 aromatic carbocycles. The van der Waals surface area contributed by atoms with E-state index in [1.165, 1.54) is 0 Å². The quantitative estimate of drug-likeness (QED) is 0.625. The molecule has 0 amide bonds. The molecule has 0 saturated heterocycles. The summed E-state index contributed by atoms with van der Waals surface area (Å²) in [4.78, 5) is 11.6. The van der Waals surface area contributed by atoms with Crippen molar-refractivity contribution < 1.29 is 9.53 Å². The Kier molecular flexibility index (Phi) is 3.74. The van der Waals surface area contributed by atoms with Crippen LogP contribution in [0.2, 0.25) is 0 Å². The molecule has 17 heavy (non-hydrogen) atoms. The number of carbonyl (C=O) groups excluding carboxylic acids is 1. The summed E-state index contributed by atoms with van der Waals surface area (Å²) >= 11 is 0. The Morgan fingerprint density at radius 2 is 2.12 bits per heavy atom. The molecule has 0 bridgehead atoms. The van der Waals surface area contributed by atoms with Crippen molar-refractivity contribution in [1.29, 1.82) is 5.26 Å². The number of carbonyl (C=O) groups is 1. The van der Waals surface area contributed by atoms with E-state index < -0.39 is 5.60 Å². The first-order valence-electron chi connectivity index (χ1n) is 5.32. The zero-order valence-corrected chi connectivity index (χ0v) is 10.3. The van der Waals surface area contributed by atoms with Gasteiger partial charge in [-0.2, -0.15) is 5.26 Å². The standard InChI is InChI=1S/C13H16N2O2/c1-13(2,3)17-12(16)7-9-4-5-10(8-14)11(15)6-9/h4-6H,7,15H2,1-3H3. The molecule has 0 saturated carbocycles. The number of nitriles is 1. The maximum absolute atomic E-state index is 11.6. The molecule has 0 fully saturated rings. The summed E-state index contributed by atoms with van der Waals surface area (Å²) < 4.78 is 5.19. The minimum Gasteiger partial charge on any atom is -0.460 e. The van der Waals surface area contributed by atoms with E-state index in [1.807, 2.05) is 26.8 Å². The maximum atomic E-state index is 11.6. The molecule has 90 valence electrons. The lowest BCUT2D eigenvalue weighted by Gasteiger charge is -2.19. The molecule has 0 aliphatic heterocycles. The van der Waals surface area contributed by atoms with Gasteiger partial charge in [0.25, 0.3) is 0 Å². The minimum atomic E-state index is -0.491. The monoisotopic (exact) mass is 232 g/mol. The van der Waals surface area contributed by atoms with Crippen LogP contribution in [0, 0.1) is 11.3 Å². The number of rotatable bonds is 2. The van der Waals surface area contributed by atoms with E-state index in [1.54, 1.807) is 18.2 Å². The first-order valence-corrected chi connectivity index (χ1v) is 5.32. The lowest BCUT2D eigenvalue weighted by atomic mass is 10.1. The molecule has 0 atom stereocenters. The molecule has 0 aliphatic carbocycles. The van der Waals surface area contributed by atoms with Gasteiger partial charge in [-0.05, 0) is 38.5 Å². The van der Waals surface area contributed by atoms with Gasteiger partial charge in [-0.1, -0.05) is 6.07 Å². The first-order chi connectivity index (χ1) is 7.81. The highest BCUT2D eigenvalue weighted by Crippen LogP contribution is 2.15. The van der Waals surface area contributed by atoms with Crippen LogP contribution >= 0.6 is 0 Å². The Morgan fingerprint density at radius 3 is 2.59 bits per heavy atom. The summed E-state index contributed by atoms with van der Waals surface area (Å²) in [5, 5.41) is 8.72. The van der Waals surface area contributed by atoms with Crippen LogP contribution in [0.1, 0.15) is 31.9 Å². The molecule has 0 radical (unpaired) electrons. The van der Waals surface area contributed by atoms with Crippen LogP contribution in [0.15, 0.2) is 18.2 Å². The number of nitrogens with zero attached hydrogens (tertiary/aromatic N) is 1. The number of nitrogen functional groups attached to an aromatic ring is 1. The number of anilines is 1. The Labute approximate surface area is 101 Å². The Bertz CT molecular complexity index is 467. The average Bonchev–Trinajstić information content (AvgIpc) is 2.14. The Morgan fingerprint density at radius 1 is 1.47 bits per heavy atom. The van der Waals surface area contributed by atoms with Crippen LogP contribution in [0.4, 0.5) is 5.69 Å². The predicted octanol–water partition coefficient (Wildman–Crippen LogP) is 2.02. The van der Waals surface area contributed by atoms with E-state index in [4.69, 9.17) is 15.7 Å². The predicted molar refractivity (Wildman–Crippen MR) is 65.1 cm³/mol. The lowest BCUT2D eigenvalue weighted by Crippen LogP contribution is -2.24. The molecule has 0 aliphatic rings. The maximum Gasteiger partial charge on any atom is 0.310 e. The second-order valence-electron chi connectivity index (χ2n) is 4.80. The van der Waals surface area contributed by atoms with E-state index in [2.05, 4.69) is 0 Å². The van der Waals surface area contributed by atoms with E-state index in [0.29, 0.717) is 11.3 Å². The third-order valence-electron chi connectivity index (χ3n) is 2.00. The van der Waals surface area contributed by atoms with Crippen molar-refractivity contribution in [2.75, 3.05) is 5.73 Å². The summed E-state index contributed by atoms with van der Waals surface area (Å²) in [6.45, 7) is 5.45. The first kappa shape index (κ1) is 13.0. The number of nitrogens with two attached hydrogens (primary N) is 1. The fourth-order valence-electron chi connectivity index (χ4n) is 1.37. The number of ether oxygens (including phenoxy) is 1. The molecule has 4 nitrogen and oxygen atoms in total. The summed E-state index contributed by atoms with van der Waals surface area (Å²) in [6.07, 6.45) is 0.160. The normalized spacial score (nSPS) is 10.7. The molecule has 2 N–H and O–H groups in total. The van der Waals surface area contributed by atoms with Crippen LogP contribution < -0.4 is 5.73 Å². The van der Waals surface area contributed by atoms with E-state index >= 15 is 0 Å². The molecular formula is C13H16N2O2. The van der Waals surface area contributed by atoms with Gasteiger partial charge in [-0.3, -0.25) is 4.79 Å². The molecule has 0 spiro atoms. The van der Waals surface area contributed by atoms with Gasteiger partial charge >= 0.3 is 5.97 Å². The van der Waals surface area contributed by atoms with Gasteiger partial charge in [0, 0.05) is 5.69 Å². The summed E-state index contributed by atoms with van der Waals surface area (Å²) in [5.74, 6) is -0.304. The highest BCUT2D eigenvalue weighted by Gasteiger charge is 2.16. The summed E-state index contributed by atoms with van der Waals surface area (Å²) in [5.41, 5.74) is 6.71. The average molecular weight is 232 g/mol. The number of esters is 1. The highest BCUT2D eigenvalue weighted by molar-refractivity contribution is 5.73. The lowest BCUT2D eigenvalue weighted by molar-refractivity contribution is -0.153. The van der Waals surface area contributed by atoms with Crippen LogP contribution in [-0.4, -0.2) is 11.6 Å². The fourth-order valence-corrected chi connectivity index (χ4v) is 1.37. The van der Waals surface area contributed by atoms with Crippen molar-refractivity contribution in [3.8, 4) is 6.07 Å². The van der Waals surface area contributed by atoms with Gasteiger partial charge < -0.3 is 10.5 Å². The molecule has 0 aromatic heterocycles. The van der Waals surface area contributed by atoms with Gasteiger partial charge in [0.1, 0.15) is 11.7 Å². The molecule has 4 heteroatoms. The van der Waals surface area contributed by atoms with Crippen LogP contribution in [-0.2, 0) is 16.0 Å². The fraction of sp³-hybridized carbons (Fsp3) is 0.385. The van der Waals surface area contributed by atoms with Crippen molar-refractivity contribution in [2.45, 2.75) is 32.8 Å². The smallest absolute Gasteiger partial charge is 0.310 e. The van der Waals surface area contributed by atoms with Crippen molar-refractivity contribution in [2.24, 2.45) is 0 Å². The third kappa shape index (κ3) is 4.15. The van der Waals surface area contributed by atoms with E-state index in [-0.39, 0.29) is 12.4 Å². The van der Waals surface area contributed by atoms with Gasteiger partial charge in [0.05, 0.1) is 12.0 Å². The number of hydrogen-bond donors (Lipinski definition) is 1. The van der Waals surface area contributed by atoms with Crippen LogP contribution in [0.5, 0.6) is 0 Å². The van der Waals surface area contributed by atoms with E-state index in [9.17, 15) is 4.79 Å². The second kappa shape index (κ2) is 4.88. The summed E-state index contributed by atoms with van der Waals surface area (Å²) in [7, 11) is 0. The van der Waals surface area contributed by atoms with Gasteiger partial charge in [-0.15, -0.1) is 0 Å². The van der Waals surface area contributed by atoms with Gasteiger partial charge in [-0.25, -0.2) is 0 Å². The molecule has 0 unspecified atom stereocenters. The van der Waals surface area contributed by atoms with Gasteiger partial charge in [0.2, 0.25) is 0 Å². The summed E-state index contributed by atoms with van der Waals surface area (Å²) in [6, 6.07) is 6.91. The molecule has 1 aromatic rings. The largest absolute Gasteiger partial charge is 0.460 e. The molecule has 0 heterocycles. The van der Waals surface area contributed by atoms with Crippen LogP contribution in [0.25, 0.3) is 0 Å². The van der Waals surface area contributed by atoms with Crippen LogP contribution in [0.3, 0.4) is 0 Å². The van der Waals surface area contributed by atoms with Crippen molar-refractivity contribution >= 4 is 11.7 Å². The number of hydrogen-bond acceptors (Lipinski definition) is 4. The van der Waals surface area contributed by atoms with Crippen molar-refractivity contribution in [3.63, 3.8) is 0 Å².